The topological polar surface area (TPSA) is 26.3 Å². The van der Waals surface area contributed by atoms with E-state index in [1.54, 1.807) is 0 Å². The van der Waals surface area contributed by atoms with Crippen LogP contribution in [0.15, 0.2) is 24.3 Å². The van der Waals surface area contributed by atoms with Crippen molar-refractivity contribution in [2.24, 2.45) is 0 Å². The second-order valence-corrected chi connectivity index (χ2v) is 5.96. The molecule has 0 heterocycles. The molecule has 2 heteroatoms. The quantitative estimate of drug-likeness (QED) is 0.200. The van der Waals surface area contributed by atoms with E-state index in [9.17, 15) is 4.79 Å². The molecule has 0 aliphatic rings. The van der Waals surface area contributed by atoms with Gasteiger partial charge in [-0.3, -0.25) is 4.79 Å². The van der Waals surface area contributed by atoms with Crippen molar-refractivity contribution in [3.05, 3.63) is 24.3 Å². The van der Waals surface area contributed by atoms with E-state index in [1.165, 1.54) is 64.7 Å². The highest BCUT2D eigenvalue weighted by atomic mass is 16.5. The number of hydrogen-bond donors (Lipinski definition) is 0. The summed E-state index contributed by atoms with van der Waals surface area (Å²) in [5.74, 6) is -0.181. The number of carbonyl (C=O) groups is 1. The molecule has 0 aromatic carbocycles. The molecule has 0 fully saturated rings. The third-order valence-electron chi connectivity index (χ3n) is 3.68. The molecule has 0 saturated heterocycles. The van der Waals surface area contributed by atoms with Crippen LogP contribution in [0.25, 0.3) is 0 Å². The van der Waals surface area contributed by atoms with E-state index in [2.05, 4.69) is 31.2 Å². The first-order chi connectivity index (χ1) is 10.8. The molecule has 0 radical (unpaired) electrons. The molecular weight excluding hydrogens is 272 g/mol. The lowest BCUT2D eigenvalue weighted by Crippen LogP contribution is -1.99. The number of allylic oxidation sites excluding steroid dienone is 4. The summed E-state index contributed by atoms with van der Waals surface area (Å²) in [6.07, 6.45) is 24.1. The van der Waals surface area contributed by atoms with Crippen LogP contribution in [0.5, 0.6) is 0 Å². The SMILES string of the molecule is CCCCCCCCCC/C=C\C=C\CCCCOC(C)=O. The molecule has 2 nitrogen and oxygen atoms in total. The van der Waals surface area contributed by atoms with Crippen molar-refractivity contribution >= 4 is 5.97 Å². The number of esters is 1. The van der Waals surface area contributed by atoms with E-state index in [0.29, 0.717) is 6.61 Å². The zero-order valence-electron chi connectivity index (χ0n) is 14.8. The minimum Gasteiger partial charge on any atom is -0.466 e. The molecule has 0 unspecified atom stereocenters. The fraction of sp³-hybridized carbons (Fsp3) is 0.750. The first-order valence-electron chi connectivity index (χ1n) is 9.22. The average Bonchev–Trinajstić information content (AvgIpc) is 2.50. The lowest BCUT2D eigenvalue weighted by molar-refractivity contribution is -0.141. The highest BCUT2D eigenvalue weighted by Crippen LogP contribution is 2.09. The standard InChI is InChI=1S/C20H36O2/c1-3-4-5-6-7-8-9-10-11-12-13-14-15-16-17-18-19-22-20(2)21/h12-15H,3-11,16-19H2,1-2H3/b13-12-,15-14+. The smallest absolute Gasteiger partial charge is 0.302 e. The molecule has 0 N–H and O–H groups in total. The molecule has 0 aliphatic carbocycles. The van der Waals surface area contributed by atoms with Crippen LogP contribution in [0, 0.1) is 0 Å². The molecule has 0 spiro atoms. The molecule has 0 atom stereocenters. The molecular formula is C20H36O2. The van der Waals surface area contributed by atoms with Gasteiger partial charge in [0.2, 0.25) is 0 Å². The van der Waals surface area contributed by atoms with Gasteiger partial charge in [0.25, 0.3) is 0 Å². The Balaban J connectivity index is 3.19. The van der Waals surface area contributed by atoms with Gasteiger partial charge in [-0.15, -0.1) is 0 Å². The second-order valence-electron chi connectivity index (χ2n) is 5.96. The van der Waals surface area contributed by atoms with Crippen molar-refractivity contribution in [1.29, 1.82) is 0 Å². The predicted octanol–water partition coefficient (Wildman–Crippen LogP) is 6.36. The maximum atomic E-state index is 10.6. The molecule has 0 rings (SSSR count). The van der Waals surface area contributed by atoms with Gasteiger partial charge in [-0.05, 0) is 32.1 Å². The maximum Gasteiger partial charge on any atom is 0.302 e. The molecule has 0 aromatic rings. The van der Waals surface area contributed by atoms with E-state index in [-0.39, 0.29) is 5.97 Å². The second kappa shape index (κ2) is 18.0. The van der Waals surface area contributed by atoms with Crippen LogP contribution in [0.1, 0.15) is 90.9 Å². The van der Waals surface area contributed by atoms with Gasteiger partial charge >= 0.3 is 5.97 Å². The number of hydrogen-bond acceptors (Lipinski definition) is 2. The monoisotopic (exact) mass is 308 g/mol. The molecule has 0 bridgehead atoms. The van der Waals surface area contributed by atoms with E-state index < -0.39 is 0 Å². The first kappa shape index (κ1) is 20.9. The number of rotatable bonds is 15. The van der Waals surface area contributed by atoms with Crippen LogP contribution < -0.4 is 0 Å². The zero-order chi connectivity index (χ0) is 16.3. The van der Waals surface area contributed by atoms with Crippen LogP contribution in [-0.2, 0) is 9.53 Å². The maximum absolute atomic E-state index is 10.6. The van der Waals surface area contributed by atoms with Gasteiger partial charge in [0, 0.05) is 6.92 Å². The van der Waals surface area contributed by atoms with E-state index in [1.807, 2.05) is 0 Å². The van der Waals surface area contributed by atoms with Crippen molar-refractivity contribution in [2.45, 2.75) is 90.9 Å². The Morgan fingerprint density at radius 1 is 0.773 bits per heavy atom. The van der Waals surface area contributed by atoms with E-state index >= 15 is 0 Å². The average molecular weight is 309 g/mol. The predicted molar refractivity (Wildman–Crippen MR) is 96.0 cm³/mol. The van der Waals surface area contributed by atoms with Crippen molar-refractivity contribution in [3.63, 3.8) is 0 Å². The summed E-state index contributed by atoms with van der Waals surface area (Å²) in [7, 11) is 0. The number of unbranched alkanes of at least 4 members (excludes halogenated alkanes) is 10. The summed E-state index contributed by atoms with van der Waals surface area (Å²) < 4.78 is 4.88. The van der Waals surface area contributed by atoms with Crippen molar-refractivity contribution < 1.29 is 9.53 Å². The van der Waals surface area contributed by atoms with E-state index in [0.717, 1.165) is 19.3 Å². The summed E-state index contributed by atoms with van der Waals surface area (Å²) >= 11 is 0. The van der Waals surface area contributed by atoms with Gasteiger partial charge in [0.15, 0.2) is 0 Å². The number of carbonyl (C=O) groups excluding carboxylic acids is 1. The summed E-state index contributed by atoms with van der Waals surface area (Å²) in [6.45, 7) is 4.28. The molecule has 0 aliphatic heterocycles. The molecule has 0 amide bonds. The van der Waals surface area contributed by atoms with Gasteiger partial charge in [-0.25, -0.2) is 0 Å². The number of ether oxygens (including phenoxy) is 1. The van der Waals surface area contributed by atoms with Crippen LogP contribution in [-0.4, -0.2) is 12.6 Å². The highest BCUT2D eigenvalue weighted by molar-refractivity contribution is 5.65. The summed E-state index contributed by atoms with van der Waals surface area (Å²) in [5.41, 5.74) is 0. The van der Waals surface area contributed by atoms with Gasteiger partial charge in [-0.2, -0.15) is 0 Å². The first-order valence-corrected chi connectivity index (χ1v) is 9.22. The van der Waals surface area contributed by atoms with Gasteiger partial charge in [0.1, 0.15) is 0 Å². The lowest BCUT2D eigenvalue weighted by Gasteiger charge is -1.99. The van der Waals surface area contributed by atoms with Crippen molar-refractivity contribution in [1.82, 2.24) is 0 Å². The normalized spacial score (nSPS) is 11.5. The third-order valence-corrected chi connectivity index (χ3v) is 3.68. The lowest BCUT2D eigenvalue weighted by atomic mass is 10.1. The van der Waals surface area contributed by atoms with Gasteiger partial charge < -0.3 is 4.74 Å². The fourth-order valence-electron chi connectivity index (χ4n) is 2.33. The van der Waals surface area contributed by atoms with Crippen LogP contribution in [0.4, 0.5) is 0 Å². The van der Waals surface area contributed by atoms with Gasteiger partial charge in [0.05, 0.1) is 6.61 Å². The van der Waals surface area contributed by atoms with Crippen molar-refractivity contribution in [2.75, 3.05) is 6.61 Å². The highest BCUT2D eigenvalue weighted by Gasteiger charge is 1.91. The van der Waals surface area contributed by atoms with Crippen LogP contribution in [0.3, 0.4) is 0 Å². The largest absolute Gasteiger partial charge is 0.466 e. The Morgan fingerprint density at radius 3 is 1.82 bits per heavy atom. The Labute approximate surface area is 138 Å². The molecule has 0 saturated carbocycles. The summed E-state index contributed by atoms with van der Waals surface area (Å²) in [6, 6.07) is 0. The third kappa shape index (κ3) is 18.9. The molecule has 128 valence electrons. The minimum atomic E-state index is -0.181. The molecule has 0 aromatic heterocycles. The Bertz CT molecular complexity index is 292. The molecule has 22 heavy (non-hydrogen) atoms. The van der Waals surface area contributed by atoms with E-state index in [4.69, 9.17) is 4.74 Å². The zero-order valence-corrected chi connectivity index (χ0v) is 14.8. The fourth-order valence-corrected chi connectivity index (χ4v) is 2.33. The summed E-state index contributed by atoms with van der Waals surface area (Å²) in [5, 5.41) is 0. The van der Waals surface area contributed by atoms with Crippen LogP contribution >= 0.6 is 0 Å². The Morgan fingerprint density at radius 2 is 1.27 bits per heavy atom. The van der Waals surface area contributed by atoms with Crippen molar-refractivity contribution in [3.8, 4) is 0 Å². The Hall–Kier alpha value is -1.05. The Kier molecular flexibility index (Phi) is 17.1. The van der Waals surface area contributed by atoms with Crippen LogP contribution in [0.2, 0.25) is 0 Å². The van der Waals surface area contributed by atoms with Gasteiger partial charge in [-0.1, -0.05) is 76.2 Å². The minimum absolute atomic E-state index is 0.181. The summed E-state index contributed by atoms with van der Waals surface area (Å²) in [4.78, 5) is 10.6.